The molecule has 0 aliphatic rings. The summed E-state index contributed by atoms with van der Waals surface area (Å²) in [5.74, 6) is 3.79. The van der Waals surface area contributed by atoms with E-state index in [1.807, 2.05) is 11.6 Å². The molecule has 1 aromatic rings. The number of alkyl halides is 3. The van der Waals surface area contributed by atoms with Crippen molar-refractivity contribution in [2.75, 3.05) is 0 Å². The molecule has 0 saturated carbocycles. The molecular weight excluding hydrogens is 192 g/mol. The molecule has 0 fully saturated rings. The lowest BCUT2D eigenvalue weighted by molar-refractivity contribution is -0.136. The first-order valence-corrected chi connectivity index (χ1v) is 6.97. The van der Waals surface area contributed by atoms with Crippen LogP contribution >= 0.6 is 0 Å². The fourth-order valence-electron chi connectivity index (χ4n) is 1.26. The Hall–Kier alpha value is -0.458. The van der Waals surface area contributed by atoms with Gasteiger partial charge in [-0.3, -0.25) is 0 Å². The van der Waals surface area contributed by atoms with E-state index in [2.05, 4.69) is 0 Å². The molecular formula is C9H10AlF3. The van der Waals surface area contributed by atoms with Crippen LogP contribution in [0.5, 0.6) is 0 Å². The molecule has 0 radical (unpaired) electrons. The topological polar surface area (TPSA) is 0 Å². The molecule has 0 N–H and O–H groups in total. The summed E-state index contributed by atoms with van der Waals surface area (Å²) >= 11 is -1.39. The zero-order chi connectivity index (χ0) is 10.1. The standard InChI is InChI=1S/C7H4F3.2CH3.Al/c8-7(9,10)6-4-2-1-3-5-6;;;/h1-4H;2*1H3;. The van der Waals surface area contributed by atoms with Gasteiger partial charge in [0.1, 0.15) is 0 Å². The maximum Gasteiger partial charge on any atom is 0.415 e. The minimum absolute atomic E-state index is 0.461. The van der Waals surface area contributed by atoms with Crippen LogP contribution in [0.4, 0.5) is 13.2 Å². The summed E-state index contributed by atoms with van der Waals surface area (Å²) in [6.45, 7) is 0. The van der Waals surface area contributed by atoms with Gasteiger partial charge in [0.05, 0.1) is 0 Å². The molecule has 0 amide bonds. The first-order valence-electron chi connectivity index (χ1n) is 4.09. The van der Waals surface area contributed by atoms with Crippen LogP contribution in [0.15, 0.2) is 24.3 Å². The number of benzene rings is 1. The molecule has 1 aromatic carbocycles. The average Bonchev–Trinajstić information content (AvgIpc) is 2.03. The first kappa shape index (κ1) is 10.6. The number of rotatable bonds is 1. The molecule has 0 aliphatic heterocycles. The van der Waals surface area contributed by atoms with Gasteiger partial charge in [0.25, 0.3) is 14.1 Å². The molecule has 0 atom stereocenters. The van der Waals surface area contributed by atoms with Crippen molar-refractivity contribution in [2.45, 2.75) is 17.7 Å². The SMILES string of the molecule is [CH3][Al]([CH3])[c]1ccccc1C(F)(F)F. The Morgan fingerprint density at radius 3 is 2.00 bits per heavy atom. The van der Waals surface area contributed by atoms with Gasteiger partial charge >= 0.3 is 6.18 Å². The zero-order valence-corrected chi connectivity index (χ0v) is 8.68. The van der Waals surface area contributed by atoms with Gasteiger partial charge in [-0.05, 0) is 0 Å². The Morgan fingerprint density at radius 2 is 1.62 bits per heavy atom. The van der Waals surface area contributed by atoms with Crippen LogP contribution in [-0.4, -0.2) is 14.1 Å². The van der Waals surface area contributed by atoms with E-state index < -0.39 is 25.9 Å². The van der Waals surface area contributed by atoms with Crippen molar-refractivity contribution in [3.05, 3.63) is 29.8 Å². The fourth-order valence-corrected chi connectivity index (χ4v) is 2.64. The van der Waals surface area contributed by atoms with Crippen molar-refractivity contribution in [2.24, 2.45) is 0 Å². The summed E-state index contributed by atoms with van der Waals surface area (Å²) in [5.41, 5.74) is -0.461. The third kappa shape index (κ3) is 2.49. The van der Waals surface area contributed by atoms with Crippen molar-refractivity contribution in [3.8, 4) is 0 Å². The Morgan fingerprint density at radius 1 is 1.08 bits per heavy atom. The van der Waals surface area contributed by atoms with Crippen molar-refractivity contribution in [1.29, 1.82) is 0 Å². The van der Waals surface area contributed by atoms with Crippen molar-refractivity contribution in [3.63, 3.8) is 0 Å². The van der Waals surface area contributed by atoms with Gasteiger partial charge in [-0.15, -0.1) is 11.6 Å². The second-order valence-corrected chi connectivity index (χ2v) is 6.17. The third-order valence-corrected chi connectivity index (χ3v) is 3.64. The second kappa shape index (κ2) is 3.73. The van der Waals surface area contributed by atoms with Crippen LogP contribution in [0, 0.1) is 0 Å². The molecule has 0 nitrogen and oxygen atoms in total. The second-order valence-electron chi connectivity index (χ2n) is 3.24. The van der Waals surface area contributed by atoms with E-state index in [0.717, 1.165) is 6.07 Å². The van der Waals surface area contributed by atoms with E-state index in [4.69, 9.17) is 0 Å². The first-order chi connectivity index (χ1) is 5.93. The van der Waals surface area contributed by atoms with Crippen LogP contribution in [0.3, 0.4) is 0 Å². The van der Waals surface area contributed by atoms with E-state index in [1.165, 1.54) is 6.07 Å². The lowest BCUT2D eigenvalue weighted by Gasteiger charge is -2.12. The average molecular weight is 202 g/mol. The lowest BCUT2D eigenvalue weighted by Crippen LogP contribution is -2.30. The normalized spacial score (nSPS) is 11.5. The monoisotopic (exact) mass is 202 g/mol. The number of hydrogen-bond donors (Lipinski definition) is 0. The Bertz CT molecular complexity index is 291. The molecule has 0 saturated heterocycles. The Balaban J connectivity index is 3.20. The van der Waals surface area contributed by atoms with Gasteiger partial charge in [-0.25, -0.2) is 0 Å². The maximum absolute atomic E-state index is 12.4. The highest BCUT2D eigenvalue weighted by Gasteiger charge is 2.33. The summed E-state index contributed by atoms with van der Waals surface area (Å²) in [6.07, 6.45) is -4.20. The fraction of sp³-hybridized carbons (Fsp3) is 0.333. The maximum atomic E-state index is 12.4. The van der Waals surface area contributed by atoms with Crippen molar-refractivity contribution >= 4 is 18.6 Å². The zero-order valence-electron chi connectivity index (χ0n) is 7.52. The Kier molecular flexibility index (Phi) is 3.05. The highest BCUT2D eigenvalue weighted by Crippen LogP contribution is 2.27. The van der Waals surface area contributed by atoms with Crippen molar-refractivity contribution < 1.29 is 13.2 Å². The van der Waals surface area contributed by atoms with E-state index in [-0.39, 0.29) is 0 Å². The highest BCUT2D eigenvalue weighted by atomic mass is 27.2. The number of halogens is 3. The summed E-state index contributed by atoms with van der Waals surface area (Å²) in [4.78, 5) is 0. The van der Waals surface area contributed by atoms with E-state index in [1.54, 1.807) is 12.1 Å². The van der Waals surface area contributed by atoms with E-state index in [9.17, 15) is 13.2 Å². The summed E-state index contributed by atoms with van der Waals surface area (Å²) in [6, 6.07) is 5.84. The van der Waals surface area contributed by atoms with Gasteiger partial charge in [-0.1, -0.05) is 28.7 Å². The lowest BCUT2D eigenvalue weighted by atomic mass is 10.2. The van der Waals surface area contributed by atoms with Gasteiger partial charge in [0.15, 0.2) is 0 Å². The van der Waals surface area contributed by atoms with E-state index in [0.29, 0.717) is 4.43 Å². The number of hydrogen-bond acceptors (Lipinski definition) is 0. The molecule has 1 rings (SSSR count). The van der Waals surface area contributed by atoms with Gasteiger partial charge in [-0.2, -0.15) is 13.2 Å². The molecule has 0 spiro atoms. The molecule has 0 unspecified atom stereocenters. The van der Waals surface area contributed by atoms with Crippen LogP contribution in [0.2, 0.25) is 11.6 Å². The van der Waals surface area contributed by atoms with Crippen LogP contribution < -0.4 is 4.43 Å². The molecule has 0 heterocycles. The van der Waals surface area contributed by atoms with Crippen LogP contribution in [-0.2, 0) is 6.18 Å². The van der Waals surface area contributed by atoms with Gasteiger partial charge in [0, 0.05) is 5.56 Å². The Labute approximate surface area is 79.8 Å². The smallest absolute Gasteiger partial charge is 0.166 e. The van der Waals surface area contributed by atoms with Crippen LogP contribution in [0.25, 0.3) is 0 Å². The summed E-state index contributed by atoms with van der Waals surface area (Å²) < 4.78 is 37.8. The highest BCUT2D eigenvalue weighted by molar-refractivity contribution is 6.71. The molecule has 13 heavy (non-hydrogen) atoms. The van der Waals surface area contributed by atoms with Gasteiger partial charge in [0.2, 0.25) is 0 Å². The quantitative estimate of drug-likeness (QED) is 0.614. The molecule has 0 bridgehead atoms. The molecule has 4 heteroatoms. The van der Waals surface area contributed by atoms with Crippen LogP contribution in [0.1, 0.15) is 5.56 Å². The minimum atomic E-state index is -4.20. The van der Waals surface area contributed by atoms with E-state index >= 15 is 0 Å². The molecule has 0 aliphatic carbocycles. The molecule has 70 valence electrons. The largest absolute Gasteiger partial charge is 0.415 e. The van der Waals surface area contributed by atoms with Gasteiger partial charge < -0.3 is 0 Å². The third-order valence-electron chi connectivity index (χ3n) is 1.89. The molecule has 0 aromatic heterocycles. The van der Waals surface area contributed by atoms with Crippen molar-refractivity contribution in [1.82, 2.24) is 0 Å². The summed E-state index contributed by atoms with van der Waals surface area (Å²) in [5, 5.41) is 0. The minimum Gasteiger partial charge on any atom is -0.166 e. The summed E-state index contributed by atoms with van der Waals surface area (Å²) in [7, 11) is 0. The predicted octanol–water partition coefficient (Wildman–Crippen LogP) is 2.67. The predicted molar refractivity (Wildman–Crippen MR) is 48.6 cm³/mol.